The minimum atomic E-state index is -4.96. The van der Waals surface area contributed by atoms with Crippen molar-refractivity contribution in [3.63, 3.8) is 0 Å². The number of anilines is 3. The SMILES string of the molecule is Nc1nc(N)nc(N)n1.O=P(O)(O)OP(=O)(O)OP. The summed E-state index contributed by atoms with van der Waals surface area (Å²) in [6.45, 7) is 0. The molecule has 16 heteroatoms. The van der Waals surface area contributed by atoms with E-state index < -0.39 is 15.6 Å². The van der Waals surface area contributed by atoms with Crippen LogP contribution in [-0.2, 0) is 17.8 Å². The normalized spacial score (nSPS) is 14.1. The average molecular weight is 336 g/mol. The number of aromatic nitrogens is 3. The molecule has 0 amide bonds. The van der Waals surface area contributed by atoms with Crippen LogP contribution in [0.3, 0.4) is 0 Å². The van der Waals surface area contributed by atoms with E-state index in [1.54, 1.807) is 0 Å². The molecule has 110 valence electrons. The summed E-state index contributed by atoms with van der Waals surface area (Å²) in [5.41, 5.74) is 15.4. The number of nitrogens with two attached hydrogens (primary N) is 3. The van der Waals surface area contributed by atoms with E-state index in [9.17, 15) is 9.13 Å². The van der Waals surface area contributed by atoms with Crippen LogP contribution >= 0.6 is 25.1 Å². The lowest BCUT2D eigenvalue weighted by atomic mass is 10.9. The van der Waals surface area contributed by atoms with Gasteiger partial charge < -0.3 is 31.9 Å². The summed E-state index contributed by atoms with van der Waals surface area (Å²) in [6, 6.07) is 0. The Hall–Kier alpha value is -0.900. The molecule has 0 aliphatic rings. The molecule has 0 saturated heterocycles. The fraction of sp³-hybridized carbons (Fsp3) is 0. The second kappa shape index (κ2) is 7.04. The average Bonchev–Trinajstić information content (AvgIpc) is 2.12. The fourth-order valence-electron chi connectivity index (χ4n) is 0.581. The van der Waals surface area contributed by atoms with Gasteiger partial charge in [0, 0.05) is 9.47 Å². The van der Waals surface area contributed by atoms with Crippen molar-refractivity contribution in [2.24, 2.45) is 0 Å². The smallest absolute Gasteiger partial charge is 0.368 e. The summed E-state index contributed by atoms with van der Waals surface area (Å²) in [5.74, 6) is 0.125. The van der Waals surface area contributed by atoms with Crippen molar-refractivity contribution in [1.82, 2.24) is 15.0 Å². The number of hydrogen-bond donors (Lipinski definition) is 6. The van der Waals surface area contributed by atoms with Gasteiger partial charge in [0.25, 0.3) is 0 Å². The third-order valence-electron chi connectivity index (χ3n) is 1.03. The van der Waals surface area contributed by atoms with Gasteiger partial charge in [-0.2, -0.15) is 19.3 Å². The van der Waals surface area contributed by atoms with Crippen molar-refractivity contribution in [2.75, 3.05) is 17.2 Å². The highest BCUT2D eigenvalue weighted by Gasteiger charge is 2.30. The van der Waals surface area contributed by atoms with Gasteiger partial charge in [-0.05, 0) is 0 Å². The van der Waals surface area contributed by atoms with E-state index in [1.807, 2.05) is 0 Å². The summed E-state index contributed by atoms with van der Waals surface area (Å²) in [4.78, 5) is 34.6. The van der Waals surface area contributed by atoms with Crippen LogP contribution in [0.1, 0.15) is 0 Å². The molecule has 1 rings (SSSR count). The molecule has 2 atom stereocenters. The number of nitrogens with zero attached hydrogens (tertiary/aromatic N) is 3. The van der Waals surface area contributed by atoms with E-state index in [0.29, 0.717) is 0 Å². The molecule has 0 fully saturated rings. The van der Waals surface area contributed by atoms with Crippen molar-refractivity contribution in [1.29, 1.82) is 0 Å². The standard InChI is InChI=1S/C3H6N6.H5O7P3/c4-1-7-2(5)9-3(6)8-1;1-9(2,3)7-10(4,5)6-8/h(H6,4,5,6,7,8,9);8H2,(H,4,5)(H2,1,2,3). The molecule has 1 aromatic heterocycles. The summed E-state index contributed by atoms with van der Waals surface area (Å²) in [6.07, 6.45) is 0. The van der Waals surface area contributed by atoms with Crippen molar-refractivity contribution in [3.05, 3.63) is 0 Å². The number of phosphoric acid groups is 2. The van der Waals surface area contributed by atoms with E-state index >= 15 is 0 Å². The molecular weight excluding hydrogens is 325 g/mol. The van der Waals surface area contributed by atoms with Crippen LogP contribution in [0.4, 0.5) is 17.8 Å². The zero-order valence-electron chi connectivity index (χ0n) is 9.02. The van der Waals surface area contributed by atoms with Gasteiger partial charge in [0.05, 0.1) is 0 Å². The Morgan fingerprint density at radius 1 is 0.947 bits per heavy atom. The van der Waals surface area contributed by atoms with Crippen LogP contribution in [0.15, 0.2) is 0 Å². The highest BCUT2D eigenvalue weighted by atomic mass is 31.3. The van der Waals surface area contributed by atoms with E-state index in [4.69, 9.17) is 31.9 Å². The summed E-state index contributed by atoms with van der Waals surface area (Å²) < 4.78 is 27.0. The van der Waals surface area contributed by atoms with Gasteiger partial charge in [0.2, 0.25) is 17.8 Å². The van der Waals surface area contributed by atoms with Gasteiger partial charge >= 0.3 is 15.6 Å². The van der Waals surface area contributed by atoms with Crippen molar-refractivity contribution in [3.8, 4) is 0 Å². The van der Waals surface area contributed by atoms with Crippen molar-refractivity contribution >= 4 is 43.0 Å². The van der Waals surface area contributed by atoms with Gasteiger partial charge in [-0.15, -0.1) is 0 Å². The maximum atomic E-state index is 10.2. The van der Waals surface area contributed by atoms with Crippen LogP contribution in [0, 0.1) is 0 Å². The van der Waals surface area contributed by atoms with Crippen LogP contribution < -0.4 is 17.2 Å². The van der Waals surface area contributed by atoms with Crippen LogP contribution in [-0.4, -0.2) is 29.6 Å². The predicted molar refractivity (Wildman–Crippen MR) is 66.8 cm³/mol. The van der Waals surface area contributed by atoms with E-state index in [-0.39, 0.29) is 17.8 Å². The second-order valence-electron chi connectivity index (χ2n) is 2.56. The molecule has 0 aromatic carbocycles. The number of rotatable bonds is 3. The Kier molecular flexibility index (Phi) is 6.70. The Bertz CT molecular complexity index is 468. The Labute approximate surface area is 108 Å². The quantitative estimate of drug-likeness (QED) is 0.350. The van der Waals surface area contributed by atoms with Gasteiger partial charge in [0.1, 0.15) is 0 Å². The van der Waals surface area contributed by atoms with Gasteiger partial charge in [-0.25, -0.2) is 9.13 Å². The molecule has 0 radical (unpaired) electrons. The van der Waals surface area contributed by atoms with Crippen LogP contribution in [0.2, 0.25) is 0 Å². The molecule has 0 saturated carbocycles. The zero-order chi connectivity index (χ0) is 15.3. The first-order valence-electron chi connectivity index (χ1n) is 3.96. The molecular formula is C3H11N6O7P3. The van der Waals surface area contributed by atoms with Gasteiger partial charge in [-0.1, -0.05) is 0 Å². The fourth-order valence-corrected chi connectivity index (χ4v) is 2.16. The Morgan fingerprint density at radius 3 is 1.42 bits per heavy atom. The van der Waals surface area contributed by atoms with Crippen molar-refractivity contribution in [2.45, 2.75) is 0 Å². The first kappa shape index (κ1) is 18.1. The van der Waals surface area contributed by atoms with E-state index in [1.165, 1.54) is 9.47 Å². The third kappa shape index (κ3) is 9.65. The molecule has 1 aromatic rings. The topological polar surface area (TPSA) is 230 Å². The lowest BCUT2D eigenvalue weighted by Gasteiger charge is -2.07. The molecule has 0 bridgehead atoms. The molecule has 1 heterocycles. The minimum absolute atomic E-state index is 0.0417. The highest BCUT2D eigenvalue weighted by Crippen LogP contribution is 2.58. The van der Waals surface area contributed by atoms with Gasteiger partial charge in [-0.3, -0.25) is 4.31 Å². The summed E-state index contributed by atoms with van der Waals surface area (Å²) in [5, 5.41) is 0. The first-order valence-corrected chi connectivity index (χ1v) is 7.45. The second-order valence-corrected chi connectivity index (χ2v) is 5.97. The molecule has 2 unspecified atom stereocenters. The minimum Gasteiger partial charge on any atom is -0.368 e. The van der Waals surface area contributed by atoms with Crippen LogP contribution in [0.25, 0.3) is 0 Å². The first-order chi connectivity index (χ1) is 8.45. The number of hydrogen-bond acceptors (Lipinski definition) is 10. The largest absolute Gasteiger partial charge is 0.483 e. The van der Waals surface area contributed by atoms with Gasteiger partial charge in [0.15, 0.2) is 0 Å². The number of nitrogen functional groups attached to an aromatic ring is 3. The highest BCUT2D eigenvalue weighted by molar-refractivity contribution is 7.62. The van der Waals surface area contributed by atoms with E-state index in [0.717, 1.165) is 0 Å². The third-order valence-corrected chi connectivity index (χ3v) is 3.77. The molecule has 9 N–H and O–H groups in total. The van der Waals surface area contributed by atoms with Crippen molar-refractivity contribution < 1.29 is 32.4 Å². The maximum Gasteiger partial charge on any atom is 0.483 e. The lowest BCUT2D eigenvalue weighted by molar-refractivity contribution is 0.236. The molecule has 0 aliphatic heterocycles. The lowest BCUT2D eigenvalue weighted by Crippen LogP contribution is -2.05. The molecule has 19 heavy (non-hydrogen) atoms. The maximum absolute atomic E-state index is 10.2. The molecule has 13 nitrogen and oxygen atoms in total. The van der Waals surface area contributed by atoms with E-state index in [2.05, 4.69) is 23.6 Å². The zero-order valence-corrected chi connectivity index (χ0v) is 12.0. The Balaban J connectivity index is 0.000000342. The summed E-state index contributed by atoms with van der Waals surface area (Å²) in [7, 11) is -8.20. The molecule has 0 spiro atoms. The summed E-state index contributed by atoms with van der Waals surface area (Å²) >= 11 is 0. The van der Waals surface area contributed by atoms with Crippen LogP contribution in [0.5, 0.6) is 0 Å². The molecule has 0 aliphatic carbocycles. The monoisotopic (exact) mass is 336 g/mol. The predicted octanol–water partition coefficient (Wildman–Crippen LogP) is -1.38. The Morgan fingerprint density at radius 2 is 1.26 bits per heavy atom.